The molecule has 120 valence electrons. The third-order valence-electron chi connectivity index (χ3n) is 3.08. The topological polar surface area (TPSA) is 70.9 Å². The molecule has 0 aliphatic rings. The van der Waals surface area contributed by atoms with Crippen LogP contribution in [0.15, 0.2) is 39.9 Å². The Morgan fingerprint density at radius 1 is 1.39 bits per heavy atom. The Hall–Kier alpha value is -2.05. The lowest BCUT2D eigenvalue weighted by molar-refractivity contribution is 0.0955. The molecule has 0 aromatic heterocycles. The number of rotatable bonds is 4. The van der Waals surface area contributed by atoms with E-state index in [9.17, 15) is 9.90 Å². The van der Waals surface area contributed by atoms with Gasteiger partial charge in [-0.05, 0) is 58.2 Å². The number of phenolic OH excluding ortho intramolecular Hbond substituents is 1. The summed E-state index contributed by atoms with van der Waals surface area (Å²) >= 11 is 9.21. The molecule has 5 nitrogen and oxygen atoms in total. The van der Waals surface area contributed by atoms with Crippen LogP contribution in [0.2, 0.25) is 5.02 Å². The first kappa shape index (κ1) is 17.3. The zero-order chi connectivity index (χ0) is 17.0. The van der Waals surface area contributed by atoms with E-state index in [4.69, 9.17) is 16.3 Å². The number of nitrogens with zero attached hydrogens (tertiary/aromatic N) is 1. The van der Waals surface area contributed by atoms with Gasteiger partial charge >= 0.3 is 0 Å². The lowest BCUT2D eigenvalue weighted by atomic mass is 10.1. The van der Waals surface area contributed by atoms with Crippen molar-refractivity contribution in [3.8, 4) is 11.5 Å². The average Bonchev–Trinajstić information content (AvgIpc) is 2.53. The van der Waals surface area contributed by atoms with E-state index >= 15 is 0 Å². The standard InChI is InChI=1S/C16H14BrClN2O3/c1-9-3-4-11(7-13(9)18)16(22)20-19-8-10-5-12(17)15(21)14(6-10)23-2/h3-8,21H,1-2H3,(H,20,22)/b19-8-. The molecular formula is C16H14BrClN2O3. The highest BCUT2D eigenvalue weighted by molar-refractivity contribution is 9.10. The molecule has 0 aliphatic heterocycles. The molecule has 0 spiro atoms. The van der Waals surface area contributed by atoms with E-state index in [1.54, 1.807) is 30.3 Å². The van der Waals surface area contributed by atoms with E-state index < -0.39 is 0 Å². The summed E-state index contributed by atoms with van der Waals surface area (Å²) in [5.41, 5.74) is 4.38. The maximum Gasteiger partial charge on any atom is 0.271 e. The number of aryl methyl sites for hydroxylation is 1. The number of amides is 1. The summed E-state index contributed by atoms with van der Waals surface area (Å²) in [5, 5.41) is 14.1. The molecule has 1 amide bonds. The Bertz CT molecular complexity index is 778. The summed E-state index contributed by atoms with van der Waals surface area (Å²) < 4.78 is 5.51. The largest absolute Gasteiger partial charge is 0.503 e. The van der Waals surface area contributed by atoms with Gasteiger partial charge in [0.15, 0.2) is 11.5 Å². The monoisotopic (exact) mass is 396 g/mol. The van der Waals surface area contributed by atoms with Crippen LogP contribution in [-0.2, 0) is 0 Å². The molecule has 0 saturated carbocycles. The second kappa shape index (κ2) is 7.48. The van der Waals surface area contributed by atoms with Crippen molar-refractivity contribution >= 4 is 39.7 Å². The van der Waals surface area contributed by atoms with E-state index in [1.165, 1.54) is 13.3 Å². The van der Waals surface area contributed by atoms with Crippen molar-refractivity contribution in [1.82, 2.24) is 5.43 Å². The highest BCUT2D eigenvalue weighted by Gasteiger charge is 2.08. The van der Waals surface area contributed by atoms with Crippen LogP contribution < -0.4 is 10.2 Å². The smallest absolute Gasteiger partial charge is 0.271 e. The van der Waals surface area contributed by atoms with Crippen molar-refractivity contribution in [1.29, 1.82) is 0 Å². The molecule has 23 heavy (non-hydrogen) atoms. The number of hydrazone groups is 1. The number of nitrogens with one attached hydrogen (secondary N) is 1. The summed E-state index contributed by atoms with van der Waals surface area (Å²) in [4.78, 5) is 12.0. The van der Waals surface area contributed by atoms with Crippen molar-refractivity contribution in [3.05, 3.63) is 56.5 Å². The number of hydrogen-bond acceptors (Lipinski definition) is 4. The molecule has 7 heteroatoms. The molecule has 0 radical (unpaired) electrons. The Morgan fingerprint density at radius 3 is 2.78 bits per heavy atom. The minimum Gasteiger partial charge on any atom is -0.503 e. The summed E-state index contributed by atoms with van der Waals surface area (Å²) in [7, 11) is 1.45. The summed E-state index contributed by atoms with van der Waals surface area (Å²) in [6.45, 7) is 1.86. The van der Waals surface area contributed by atoms with Gasteiger partial charge < -0.3 is 9.84 Å². The Morgan fingerprint density at radius 2 is 2.13 bits per heavy atom. The van der Waals surface area contributed by atoms with Crippen LogP contribution in [0.3, 0.4) is 0 Å². The van der Waals surface area contributed by atoms with Gasteiger partial charge in [-0.15, -0.1) is 0 Å². The van der Waals surface area contributed by atoms with Crippen molar-refractivity contribution in [2.75, 3.05) is 7.11 Å². The van der Waals surface area contributed by atoms with Crippen LogP contribution in [0, 0.1) is 6.92 Å². The molecule has 0 atom stereocenters. The second-order valence-electron chi connectivity index (χ2n) is 4.72. The molecule has 0 saturated heterocycles. The number of halogens is 2. The van der Waals surface area contributed by atoms with E-state index in [0.29, 0.717) is 26.4 Å². The highest BCUT2D eigenvalue weighted by atomic mass is 79.9. The number of hydrogen-bond donors (Lipinski definition) is 2. The molecule has 0 unspecified atom stereocenters. The molecule has 0 fully saturated rings. The third-order valence-corrected chi connectivity index (χ3v) is 4.10. The fraction of sp³-hybridized carbons (Fsp3) is 0.125. The SMILES string of the molecule is COc1cc(/C=N\NC(=O)c2ccc(C)c(Cl)c2)cc(Br)c1O. The van der Waals surface area contributed by atoms with E-state index in [-0.39, 0.29) is 11.7 Å². The fourth-order valence-electron chi connectivity index (χ4n) is 1.79. The summed E-state index contributed by atoms with van der Waals surface area (Å²) in [5.74, 6) is -0.0617. The number of carbonyl (C=O) groups excluding carboxylic acids is 1. The minimum atomic E-state index is -0.368. The summed E-state index contributed by atoms with van der Waals surface area (Å²) in [6, 6.07) is 8.27. The zero-order valence-corrected chi connectivity index (χ0v) is 14.8. The lowest BCUT2D eigenvalue weighted by Crippen LogP contribution is -2.17. The van der Waals surface area contributed by atoms with Gasteiger partial charge in [-0.25, -0.2) is 5.43 Å². The normalized spacial score (nSPS) is 10.8. The number of aromatic hydroxyl groups is 1. The molecular weight excluding hydrogens is 384 g/mol. The van der Waals surface area contributed by atoms with Gasteiger partial charge in [0, 0.05) is 10.6 Å². The maximum absolute atomic E-state index is 12.0. The molecule has 2 aromatic rings. The Balaban J connectivity index is 2.10. The van der Waals surface area contributed by atoms with Crippen LogP contribution in [0.4, 0.5) is 0 Å². The van der Waals surface area contributed by atoms with Crippen molar-refractivity contribution in [3.63, 3.8) is 0 Å². The van der Waals surface area contributed by atoms with Crippen LogP contribution in [0.25, 0.3) is 0 Å². The van der Waals surface area contributed by atoms with E-state index in [0.717, 1.165) is 5.56 Å². The van der Waals surface area contributed by atoms with Gasteiger partial charge in [0.25, 0.3) is 5.91 Å². The van der Waals surface area contributed by atoms with Crippen LogP contribution >= 0.6 is 27.5 Å². The second-order valence-corrected chi connectivity index (χ2v) is 5.98. The molecule has 0 heterocycles. The van der Waals surface area contributed by atoms with Crippen molar-refractivity contribution in [2.45, 2.75) is 6.92 Å². The van der Waals surface area contributed by atoms with Gasteiger partial charge in [0.2, 0.25) is 0 Å². The minimum absolute atomic E-state index is 0.00276. The molecule has 2 N–H and O–H groups in total. The first-order valence-corrected chi connectivity index (χ1v) is 7.75. The zero-order valence-electron chi connectivity index (χ0n) is 12.4. The fourth-order valence-corrected chi connectivity index (χ4v) is 2.43. The van der Waals surface area contributed by atoms with Gasteiger partial charge in [0.1, 0.15) is 0 Å². The number of phenols is 1. The first-order valence-electron chi connectivity index (χ1n) is 6.58. The number of carbonyl (C=O) groups is 1. The molecule has 0 aliphatic carbocycles. The Kier molecular flexibility index (Phi) is 5.63. The van der Waals surface area contributed by atoms with Gasteiger partial charge in [-0.3, -0.25) is 4.79 Å². The predicted molar refractivity (Wildman–Crippen MR) is 93.6 cm³/mol. The number of methoxy groups -OCH3 is 1. The van der Waals surface area contributed by atoms with E-state index in [1.807, 2.05) is 6.92 Å². The average molecular weight is 398 g/mol. The maximum atomic E-state index is 12.0. The van der Waals surface area contributed by atoms with Crippen LogP contribution in [-0.4, -0.2) is 24.3 Å². The Labute approximate surface area is 147 Å². The molecule has 2 aromatic carbocycles. The molecule has 2 rings (SSSR count). The highest BCUT2D eigenvalue weighted by Crippen LogP contribution is 2.34. The number of benzene rings is 2. The van der Waals surface area contributed by atoms with Crippen molar-refractivity contribution < 1.29 is 14.6 Å². The molecule has 0 bridgehead atoms. The number of ether oxygens (including phenoxy) is 1. The van der Waals surface area contributed by atoms with Gasteiger partial charge in [0.05, 0.1) is 17.8 Å². The van der Waals surface area contributed by atoms with Gasteiger partial charge in [-0.2, -0.15) is 5.10 Å². The van der Waals surface area contributed by atoms with Crippen molar-refractivity contribution in [2.24, 2.45) is 5.10 Å². The first-order chi connectivity index (χ1) is 10.9. The van der Waals surface area contributed by atoms with E-state index in [2.05, 4.69) is 26.5 Å². The quantitative estimate of drug-likeness (QED) is 0.607. The summed E-state index contributed by atoms with van der Waals surface area (Å²) in [6.07, 6.45) is 1.44. The predicted octanol–water partition coefficient (Wildman–Crippen LogP) is 3.89. The van der Waals surface area contributed by atoms with Crippen LogP contribution in [0.1, 0.15) is 21.5 Å². The third kappa shape index (κ3) is 4.24. The lowest BCUT2D eigenvalue weighted by Gasteiger charge is -2.06. The van der Waals surface area contributed by atoms with Gasteiger partial charge in [-0.1, -0.05) is 17.7 Å². The van der Waals surface area contributed by atoms with Crippen LogP contribution in [0.5, 0.6) is 11.5 Å².